The Morgan fingerprint density at radius 1 is 0.889 bits per heavy atom. The molecule has 1 atom stereocenters. The lowest BCUT2D eigenvalue weighted by Crippen LogP contribution is -2.29. The number of ketones is 1. The van der Waals surface area contributed by atoms with Gasteiger partial charge in [0.15, 0.2) is 0 Å². The number of aryl methyl sites for hydroxylation is 2. The molecule has 2 N–H and O–H groups in total. The number of amides is 1. The fourth-order valence-corrected chi connectivity index (χ4v) is 4.81. The number of carbonyl (C=O) groups excluding carboxylic acids is 2. The van der Waals surface area contributed by atoms with Crippen molar-refractivity contribution in [1.29, 1.82) is 0 Å². The Morgan fingerprint density at radius 2 is 1.53 bits per heavy atom. The summed E-state index contributed by atoms with van der Waals surface area (Å²) in [6.07, 6.45) is 0. The van der Waals surface area contributed by atoms with E-state index in [-0.39, 0.29) is 38.4 Å². The molecule has 0 saturated carbocycles. The number of aliphatic hydroxyl groups excluding tert-OH is 1. The van der Waals surface area contributed by atoms with Gasteiger partial charge in [-0.25, -0.2) is 0 Å². The molecule has 36 heavy (non-hydrogen) atoms. The molecule has 1 fully saturated rings. The fourth-order valence-electron chi connectivity index (χ4n) is 4.39. The number of hydrogen-bond acceptors (Lipinski definition) is 6. The van der Waals surface area contributed by atoms with Crippen LogP contribution >= 0.6 is 23.2 Å². The Morgan fingerprint density at radius 3 is 2.11 bits per heavy atom. The molecule has 186 valence electrons. The summed E-state index contributed by atoms with van der Waals surface area (Å²) in [5.74, 6) is -1.92. The van der Waals surface area contributed by atoms with Gasteiger partial charge in [0.05, 0.1) is 41.4 Å². The van der Waals surface area contributed by atoms with E-state index in [0.717, 1.165) is 11.1 Å². The fraction of sp³-hybridized carbons (Fsp3) is 0.185. The SMILES string of the molecule is COc1cc(/C(O)=C2\C(=O)C(=O)N(c3cc(C)cc(C)c3)C2c2ccc(O)c(Cl)c2)c(OC)cc1Cl. The quantitative estimate of drug-likeness (QED) is 0.241. The molecule has 1 aliphatic rings. The molecule has 0 aliphatic carbocycles. The number of phenols is 1. The van der Waals surface area contributed by atoms with Crippen LogP contribution in [-0.4, -0.2) is 36.1 Å². The third-order valence-electron chi connectivity index (χ3n) is 5.95. The van der Waals surface area contributed by atoms with Crippen molar-refractivity contribution in [3.63, 3.8) is 0 Å². The third kappa shape index (κ3) is 4.36. The summed E-state index contributed by atoms with van der Waals surface area (Å²) < 4.78 is 10.7. The lowest BCUT2D eigenvalue weighted by atomic mass is 9.94. The maximum absolute atomic E-state index is 13.4. The van der Waals surface area contributed by atoms with E-state index in [2.05, 4.69) is 0 Å². The summed E-state index contributed by atoms with van der Waals surface area (Å²) in [6.45, 7) is 3.76. The average Bonchev–Trinajstić information content (AvgIpc) is 3.10. The predicted molar refractivity (Wildman–Crippen MR) is 138 cm³/mol. The molecule has 1 aliphatic heterocycles. The number of rotatable bonds is 5. The molecule has 4 rings (SSSR count). The summed E-state index contributed by atoms with van der Waals surface area (Å²) in [6, 6.07) is 11.7. The van der Waals surface area contributed by atoms with Crippen molar-refractivity contribution in [1.82, 2.24) is 0 Å². The lowest BCUT2D eigenvalue weighted by molar-refractivity contribution is -0.132. The van der Waals surface area contributed by atoms with Gasteiger partial charge in [-0.2, -0.15) is 0 Å². The number of phenolic OH excluding ortho intramolecular Hbond substituents is 1. The van der Waals surface area contributed by atoms with E-state index >= 15 is 0 Å². The predicted octanol–water partition coefficient (Wildman–Crippen LogP) is 5.96. The van der Waals surface area contributed by atoms with Crippen molar-refractivity contribution >= 4 is 46.3 Å². The summed E-state index contributed by atoms with van der Waals surface area (Å²) in [4.78, 5) is 28.2. The molecule has 1 saturated heterocycles. The van der Waals surface area contributed by atoms with Gasteiger partial charge in [0.25, 0.3) is 11.7 Å². The molecule has 9 heteroatoms. The summed E-state index contributed by atoms with van der Waals surface area (Å²) in [5.41, 5.74) is 2.61. The van der Waals surface area contributed by atoms with Gasteiger partial charge in [-0.15, -0.1) is 0 Å². The minimum atomic E-state index is -1.05. The van der Waals surface area contributed by atoms with Crippen LogP contribution in [0.15, 0.2) is 54.1 Å². The monoisotopic (exact) mass is 527 g/mol. The van der Waals surface area contributed by atoms with E-state index < -0.39 is 23.5 Å². The van der Waals surface area contributed by atoms with E-state index in [1.54, 1.807) is 18.2 Å². The maximum Gasteiger partial charge on any atom is 0.300 e. The van der Waals surface area contributed by atoms with Gasteiger partial charge in [0, 0.05) is 11.8 Å². The van der Waals surface area contributed by atoms with Gasteiger partial charge in [0.1, 0.15) is 23.0 Å². The van der Waals surface area contributed by atoms with Gasteiger partial charge < -0.3 is 19.7 Å². The molecule has 0 radical (unpaired) electrons. The normalized spacial score (nSPS) is 16.9. The van der Waals surface area contributed by atoms with Gasteiger partial charge in [-0.05, 0) is 60.9 Å². The summed E-state index contributed by atoms with van der Waals surface area (Å²) in [7, 11) is 2.80. The number of Topliss-reactive ketones (excluding diaryl/α,β-unsaturated/α-hetero) is 1. The molecule has 3 aromatic rings. The first-order valence-corrected chi connectivity index (χ1v) is 11.6. The van der Waals surface area contributed by atoms with E-state index in [1.807, 2.05) is 19.9 Å². The second-order valence-corrected chi connectivity index (χ2v) is 9.23. The van der Waals surface area contributed by atoms with Crippen molar-refractivity contribution in [3.05, 3.63) is 86.4 Å². The van der Waals surface area contributed by atoms with Gasteiger partial charge in [-0.3, -0.25) is 14.5 Å². The standard InChI is InChI=1S/C27H23Cl2NO6/c1-13-7-14(2)9-16(8-13)30-24(15-5-6-20(31)18(28)10-15)23(26(33)27(30)34)25(32)17-11-22(36-4)19(29)12-21(17)35-3/h5-12,24,31-32H,1-4H3/b25-23+. The molecule has 1 heterocycles. The van der Waals surface area contributed by atoms with Crippen LogP contribution in [0.3, 0.4) is 0 Å². The second-order valence-electron chi connectivity index (χ2n) is 8.41. The zero-order valence-corrected chi connectivity index (χ0v) is 21.4. The van der Waals surface area contributed by atoms with Crippen LogP contribution in [0.5, 0.6) is 17.2 Å². The van der Waals surface area contributed by atoms with Crippen LogP contribution in [0.4, 0.5) is 5.69 Å². The molecule has 0 aromatic heterocycles. The average molecular weight is 528 g/mol. The number of carbonyl (C=O) groups is 2. The van der Waals surface area contributed by atoms with Crippen LogP contribution < -0.4 is 14.4 Å². The number of anilines is 1. The highest BCUT2D eigenvalue weighted by Gasteiger charge is 2.47. The largest absolute Gasteiger partial charge is 0.507 e. The Hall–Kier alpha value is -3.68. The Kier molecular flexibility index (Phi) is 6.89. The second kappa shape index (κ2) is 9.76. The van der Waals surface area contributed by atoms with Crippen molar-refractivity contribution < 1.29 is 29.3 Å². The van der Waals surface area contributed by atoms with E-state index in [9.17, 15) is 19.8 Å². The van der Waals surface area contributed by atoms with E-state index in [1.165, 1.54) is 43.4 Å². The minimum absolute atomic E-state index is 0.0317. The number of aromatic hydroxyl groups is 1. The van der Waals surface area contributed by atoms with Gasteiger partial charge in [-0.1, -0.05) is 35.3 Å². The first kappa shape index (κ1) is 25.4. The highest BCUT2D eigenvalue weighted by molar-refractivity contribution is 6.51. The van der Waals surface area contributed by atoms with Crippen LogP contribution in [0.2, 0.25) is 10.0 Å². The third-order valence-corrected chi connectivity index (χ3v) is 6.54. The van der Waals surface area contributed by atoms with Crippen molar-refractivity contribution in [2.45, 2.75) is 19.9 Å². The minimum Gasteiger partial charge on any atom is -0.507 e. The molecular formula is C27H23Cl2NO6. The number of aliphatic hydroxyl groups is 1. The summed E-state index contributed by atoms with van der Waals surface area (Å²) >= 11 is 12.4. The number of ether oxygens (including phenoxy) is 2. The zero-order chi connectivity index (χ0) is 26.3. The highest BCUT2D eigenvalue weighted by Crippen LogP contribution is 2.46. The first-order chi connectivity index (χ1) is 17.1. The lowest BCUT2D eigenvalue weighted by Gasteiger charge is -2.26. The molecule has 3 aromatic carbocycles. The van der Waals surface area contributed by atoms with E-state index in [0.29, 0.717) is 11.3 Å². The number of methoxy groups -OCH3 is 2. The Labute approximate surface area is 218 Å². The highest BCUT2D eigenvalue weighted by atomic mass is 35.5. The molecule has 0 spiro atoms. The number of benzene rings is 3. The van der Waals surface area contributed by atoms with Gasteiger partial charge in [0.2, 0.25) is 0 Å². The number of nitrogens with zero attached hydrogens (tertiary/aromatic N) is 1. The van der Waals surface area contributed by atoms with Crippen molar-refractivity contribution in [2.24, 2.45) is 0 Å². The number of hydrogen-bond donors (Lipinski definition) is 2. The zero-order valence-electron chi connectivity index (χ0n) is 19.9. The van der Waals surface area contributed by atoms with Crippen LogP contribution in [0, 0.1) is 13.8 Å². The van der Waals surface area contributed by atoms with Crippen molar-refractivity contribution in [2.75, 3.05) is 19.1 Å². The smallest absolute Gasteiger partial charge is 0.300 e. The Balaban J connectivity index is 2.04. The molecule has 0 bridgehead atoms. The number of halogens is 2. The molecule has 7 nitrogen and oxygen atoms in total. The van der Waals surface area contributed by atoms with Crippen molar-refractivity contribution in [3.8, 4) is 17.2 Å². The molecule has 1 unspecified atom stereocenters. The van der Waals surface area contributed by atoms with Gasteiger partial charge >= 0.3 is 0 Å². The van der Waals surface area contributed by atoms with Crippen LogP contribution in [0.25, 0.3) is 5.76 Å². The maximum atomic E-state index is 13.4. The molecule has 1 amide bonds. The van der Waals surface area contributed by atoms with Crippen LogP contribution in [0.1, 0.15) is 28.3 Å². The topological polar surface area (TPSA) is 96.3 Å². The van der Waals surface area contributed by atoms with E-state index in [4.69, 9.17) is 32.7 Å². The molecular weight excluding hydrogens is 505 g/mol. The van der Waals surface area contributed by atoms with Crippen LogP contribution in [-0.2, 0) is 9.59 Å². The summed E-state index contributed by atoms with van der Waals surface area (Å²) in [5, 5.41) is 21.7. The first-order valence-electron chi connectivity index (χ1n) is 10.9. The Bertz CT molecular complexity index is 1410.